The summed E-state index contributed by atoms with van der Waals surface area (Å²) in [4.78, 5) is 0. The third-order valence-electron chi connectivity index (χ3n) is 4.51. The van der Waals surface area contributed by atoms with Crippen LogP contribution in [-0.4, -0.2) is 33.4 Å². The van der Waals surface area contributed by atoms with Crippen molar-refractivity contribution in [2.75, 3.05) is 13.2 Å². The summed E-state index contributed by atoms with van der Waals surface area (Å²) in [5.74, 6) is 1.67. The Morgan fingerprint density at radius 1 is 1.04 bits per heavy atom. The van der Waals surface area contributed by atoms with Gasteiger partial charge in [0.1, 0.15) is 12.4 Å². The highest BCUT2D eigenvalue weighted by atomic mass is 32.2. The van der Waals surface area contributed by atoms with Crippen LogP contribution >= 0.6 is 11.8 Å². The van der Waals surface area contributed by atoms with E-state index in [1.165, 1.54) is 5.56 Å². The summed E-state index contributed by atoms with van der Waals surface area (Å²) in [6.45, 7) is 2.12. The zero-order chi connectivity index (χ0) is 18.3. The summed E-state index contributed by atoms with van der Waals surface area (Å²) in [5.41, 5.74) is 2.35. The molecule has 0 saturated carbocycles. The van der Waals surface area contributed by atoms with Crippen molar-refractivity contribution >= 4 is 11.8 Å². The smallest absolute Gasteiger partial charge is 0.209 e. The van der Waals surface area contributed by atoms with Gasteiger partial charge in [-0.1, -0.05) is 54.2 Å². The number of rotatable bonds is 7. The van der Waals surface area contributed by atoms with Gasteiger partial charge in [0.05, 0.1) is 6.04 Å². The Morgan fingerprint density at radius 2 is 1.85 bits per heavy atom. The molecule has 140 valence electrons. The average Bonchev–Trinajstić information content (AvgIpc) is 3.21. The SMILES string of the molecule is c1ccc(COc2cccc(CSc3nnnn3C3CCOCC3)c2)cc1. The van der Waals surface area contributed by atoms with Gasteiger partial charge in [0.2, 0.25) is 5.16 Å². The fourth-order valence-electron chi connectivity index (χ4n) is 3.05. The van der Waals surface area contributed by atoms with Gasteiger partial charge < -0.3 is 9.47 Å². The first-order valence-corrected chi connectivity index (χ1v) is 10.1. The summed E-state index contributed by atoms with van der Waals surface area (Å²) in [7, 11) is 0. The van der Waals surface area contributed by atoms with E-state index in [2.05, 4.69) is 39.8 Å². The number of nitrogens with zero attached hydrogens (tertiary/aromatic N) is 4. The minimum atomic E-state index is 0.330. The first-order chi connectivity index (χ1) is 13.4. The van der Waals surface area contributed by atoms with E-state index < -0.39 is 0 Å². The van der Waals surface area contributed by atoms with Gasteiger partial charge >= 0.3 is 0 Å². The molecule has 2 heterocycles. The molecule has 0 radical (unpaired) electrons. The predicted molar refractivity (Wildman–Crippen MR) is 104 cm³/mol. The number of hydrogen-bond donors (Lipinski definition) is 0. The van der Waals surface area contributed by atoms with E-state index in [-0.39, 0.29) is 0 Å². The van der Waals surface area contributed by atoms with Crippen LogP contribution in [0.2, 0.25) is 0 Å². The zero-order valence-corrected chi connectivity index (χ0v) is 15.8. The first kappa shape index (κ1) is 18.0. The lowest BCUT2D eigenvalue weighted by Crippen LogP contribution is -2.21. The van der Waals surface area contributed by atoms with Crippen molar-refractivity contribution in [3.05, 3.63) is 65.7 Å². The van der Waals surface area contributed by atoms with E-state index in [1.54, 1.807) is 11.8 Å². The van der Waals surface area contributed by atoms with E-state index in [0.717, 1.165) is 48.3 Å². The standard InChI is InChI=1S/C20H22N4O2S/c1-2-5-16(6-3-1)14-26-19-8-4-7-17(13-19)15-27-20-21-22-23-24(20)18-9-11-25-12-10-18/h1-8,13,18H,9-12,14-15H2. The molecule has 0 spiro atoms. The molecule has 0 aliphatic carbocycles. The van der Waals surface area contributed by atoms with Crippen molar-refractivity contribution in [1.29, 1.82) is 0 Å². The Bertz CT molecular complexity index is 850. The van der Waals surface area contributed by atoms with Gasteiger partial charge in [-0.25, -0.2) is 4.68 Å². The van der Waals surface area contributed by atoms with Crippen LogP contribution in [0, 0.1) is 0 Å². The number of hydrogen-bond acceptors (Lipinski definition) is 6. The summed E-state index contributed by atoms with van der Waals surface area (Å²) >= 11 is 1.65. The molecule has 6 nitrogen and oxygen atoms in total. The van der Waals surface area contributed by atoms with Crippen LogP contribution in [0.5, 0.6) is 5.75 Å². The monoisotopic (exact) mass is 382 g/mol. The Kier molecular flexibility index (Phi) is 6.01. The van der Waals surface area contributed by atoms with E-state index in [1.807, 2.05) is 35.0 Å². The zero-order valence-electron chi connectivity index (χ0n) is 15.0. The topological polar surface area (TPSA) is 62.1 Å². The van der Waals surface area contributed by atoms with Crippen molar-refractivity contribution in [1.82, 2.24) is 20.2 Å². The average molecular weight is 382 g/mol. The normalized spacial score (nSPS) is 15.0. The number of ether oxygens (including phenoxy) is 2. The van der Waals surface area contributed by atoms with Crippen molar-refractivity contribution in [3.63, 3.8) is 0 Å². The maximum absolute atomic E-state index is 5.92. The molecule has 0 N–H and O–H groups in total. The Morgan fingerprint density at radius 3 is 2.70 bits per heavy atom. The van der Waals surface area contributed by atoms with Crippen LogP contribution in [0.25, 0.3) is 0 Å². The first-order valence-electron chi connectivity index (χ1n) is 9.12. The highest BCUT2D eigenvalue weighted by Gasteiger charge is 2.20. The number of thioether (sulfide) groups is 1. The maximum Gasteiger partial charge on any atom is 0.209 e. The number of benzene rings is 2. The molecule has 0 bridgehead atoms. The summed E-state index contributed by atoms with van der Waals surface area (Å²) in [6, 6.07) is 18.7. The molecular weight excluding hydrogens is 360 g/mol. The van der Waals surface area contributed by atoms with Gasteiger partial charge in [-0.05, 0) is 46.5 Å². The number of tetrazole rings is 1. The molecular formula is C20H22N4O2S. The van der Waals surface area contributed by atoms with Crippen molar-refractivity contribution in [3.8, 4) is 5.75 Å². The van der Waals surface area contributed by atoms with Gasteiger partial charge in [0.25, 0.3) is 0 Å². The minimum Gasteiger partial charge on any atom is -0.489 e. The van der Waals surface area contributed by atoms with Crippen LogP contribution in [0.4, 0.5) is 0 Å². The van der Waals surface area contributed by atoms with Gasteiger partial charge in [0, 0.05) is 19.0 Å². The molecule has 0 amide bonds. The van der Waals surface area contributed by atoms with Crippen molar-refractivity contribution in [2.24, 2.45) is 0 Å². The second-order valence-corrected chi connectivity index (χ2v) is 7.40. The minimum absolute atomic E-state index is 0.330. The fourth-order valence-corrected chi connectivity index (χ4v) is 3.94. The lowest BCUT2D eigenvalue weighted by Gasteiger charge is -2.22. The van der Waals surface area contributed by atoms with E-state index in [4.69, 9.17) is 9.47 Å². The summed E-state index contributed by atoms with van der Waals surface area (Å²) < 4.78 is 13.3. The van der Waals surface area contributed by atoms with Crippen LogP contribution in [-0.2, 0) is 17.1 Å². The van der Waals surface area contributed by atoms with Crippen molar-refractivity contribution in [2.45, 2.75) is 36.4 Å². The van der Waals surface area contributed by atoms with E-state index in [0.29, 0.717) is 12.6 Å². The predicted octanol–water partition coefficient (Wildman–Crippen LogP) is 3.90. The molecule has 27 heavy (non-hydrogen) atoms. The molecule has 7 heteroatoms. The quantitative estimate of drug-likeness (QED) is 0.578. The van der Waals surface area contributed by atoms with Gasteiger partial charge in [-0.15, -0.1) is 5.10 Å². The van der Waals surface area contributed by atoms with E-state index >= 15 is 0 Å². The highest BCUT2D eigenvalue weighted by molar-refractivity contribution is 7.98. The lowest BCUT2D eigenvalue weighted by atomic mass is 10.1. The maximum atomic E-state index is 5.92. The van der Waals surface area contributed by atoms with Crippen LogP contribution in [0.15, 0.2) is 59.8 Å². The Balaban J connectivity index is 1.36. The molecule has 4 rings (SSSR count). The molecule has 1 aromatic heterocycles. The fraction of sp³-hybridized carbons (Fsp3) is 0.350. The lowest BCUT2D eigenvalue weighted by molar-refractivity contribution is 0.0631. The van der Waals surface area contributed by atoms with Crippen LogP contribution in [0.3, 0.4) is 0 Å². The molecule has 2 aromatic carbocycles. The Hall–Kier alpha value is -2.38. The highest BCUT2D eigenvalue weighted by Crippen LogP contribution is 2.28. The molecule has 1 aliphatic rings. The third kappa shape index (κ3) is 4.87. The van der Waals surface area contributed by atoms with Gasteiger partial charge in [0.15, 0.2) is 0 Å². The molecule has 3 aromatic rings. The van der Waals surface area contributed by atoms with Crippen LogP contribution in [0.1, 0.15) is 30.0 Å². The van der Waals surface area contributed by atoms with Gasteiger partial charge in [-0.2, -0.15) is 0 Å². The molecule has 1 aliphatic heterocycles. The number of aromatic nitrogens is 4. The second kappa shape index (κ2) is 9.01. The summed E-state index contributed by atoms with van der Waals surface area (Å²) in [6.07, 6.45) is 1.92. The molecule has 0 unspecified atom stereocenters. The Labute approximate surface area is 162 Å². The molecule has 1 fully saturated rings. The van der Waals surface area contributed by atoms with Crippen LogP contribution < -0.4 is 4.74 Å². The van der Waals surface area contributed by atoms with Crippen molar-refractivity contribution < 1.29 is 9.47 Å². The summed E-state index contributed by atoms with van der Waals surface area (Å²) in [5, 5.41) is 13.1. The third-order valence-corrected chi connectivity index (χ3v) is 5.52. The largest absolute Gasteiger partial charge is 0.489 e. The molecule has 0 atom stereocenters. The van der Waals surface area contributed by atoms with Gasteiger partial charge in [-0.3, -0.25) is 0 Å². The molecule has 1 saturated heterocycles. The van der Waals surface area contributed by atoms with E-state index in [9.17, 15) is 0 Å². The second-order valence-electron chi connectivity index (χ2n) is 6.46.